The lowest BCUT2D eigenvalue weighted by molar-refractivity contribution is 0.0416. The fourth-order valence-corrected chi connectivity index (χ4v) is 3.13. The van der Waals surface area contributed by atoms with Crippen LogP contribution in [-0.4, -0.2) is 50.3 Å². The third-order valence-corrected chi connectivity index (χ3v) is 4.77. The molecule has 24 heavy (non-hydrogen) atoms. The van der Waals surface area contributed by atoms with Gasteiger partial charge in [0, 0.05) is 33.3 Å². The van der Waals surface area contributed by atoms with E-state index in [0.29, 0.717) is 12.6 Å². The van der Waals surface area contributed by atoms with Crippen molar-refractivity contribution in [1.82, 2.24) is 15.5 Å². The van der Waals surface area contributed by atoms with Crippen molar-refractivity contribution in [3.8, 4) is 0 Å². The molecule has 0 aliphatic carbocycles. The van der Waals surface area contributed by atoms with Crippen molar-refractivity contribution >= 4 is 6.03 Å². The van der Waals surface area contributed by atoms with E-state index in [9.17, 15) is 4.79 Å². The largest absolute Gasteiger partial charge is 0.381 e. The molecule has 5 heteroatoms. The maximum atomic E-state index is 12.1. The van der Waals surface area contributed by atoms with Gasteiger partial charge in [-0.05, 0) is 31.7 Å². The second-order valence-electron chi connectivity index (χ2n) is 6.55. The average molecular weight is 333 g/mol. The number of nitrogens with one attached hydrogen (secondary N) is 2. The lowest BCUT2D eigenvalue weighted by atomic mass is 10.0. The summed E-state index contributed by atoms with van der Waals surface area (Å²) >= 11 is 0. The molecule has 2 N–H and O–H groups in total. The number of amides is 2. The molecule has 0 saturated carbocycles. The highest BCUT2D eigenvalue weighted by Crippen LogP contribution is 2.17. The number of hydrogen-bond acceptors (Lipinski definition) is 3. The minimum atomic E-state index is -0.0887. The summed E-state index contributed by atoms with van der Waals surface area (Å²) in [7, 11) is 1.78. The Bertz CT molecular complexity index is 496. The van der Waals surface area contributed by atoms with Crippen LogP contribution in [0.4, 0.5) is 4.79 Å². The Morgan fingerprint density at radius 1 is 1.29 bits per heavy atom. The number of hydrogen-bond donors (Lipinski definition) is 2. The zero-order valence-corrected chi connectivity index (χ0v) is 15.2. The number of urea groups is 1. The molecule has 134 valence electrons. The van der Waals surface area contributed by atoms with Crippen molar-refractivity contribution in [2.24, 2.45) is 0 Å². The molecule has 0 aromatic heterocycles. The van der Waals surface area contributed by atoms with Gasteiger partial charge >= 0.3 is 6.03 Å². The Balaban J connectivity index is 1.69. The average Bonchev–Trinajstić information content (AvgIpc) is 2.61. The SMILES string of the molecule is CC[C@H](NC(=O)NCCN1CCC(OC)CC1)c1ccc(C)cc1. The maximum Gasteiger partial charge on any atom is 0.315 e. The quantitative estimate of drug-likeness (QED) is 0.807. The molecule has 0 bridgehead atoms. The number of benzene rings is 1. The Hall–Kier alpha value is -1.59. The highest BCUT2D eigenvalue weighted by molar-refractivity contribution is 5.74. The van der Waals surface area contributed by atoms with E-state index in [0.717, 1.165) is 44.5 Å². The van der Waals surface area contributed by atoms with Gasteiger partial charge in [-0.2, -0.15) is 0 Å². The van der Waals surface area contributed by atoms with Gasteiger partial charge in [-0.3, -0.25) is 0 Å². The fourth-order valence-electron chi connectivity index (χ4n) is 3.13. The van der Waals surface area contributed by atoms with Gasteiger partial charge in [-0.1, -0.05) is 36.8 Å². The first-order chi connectivity index (χ1) is 11.6. The van der Waals surface area contributed by atoms with Gasteiger partial charge in [-0.25, -0.2) is 4.79 Å². The van der Waals surface area contributed by atoms with Crippen molar-refractivity contribution in [3.63, 3.8) is 0 Å². The molecule has 1 aliphatic rings. The minimum absolute atomic E-state index is 0.0584. The summed E-state index contributed by atoms with van der Waals surface area (Å²) in [5.74, 6) is 0. The van der Waals surface area contributed by atoms with Crippen LogP contribution >= 0.6 is 0 Å². The van der Waals surface area contributed by atoms with E-state index in [1.165, 1.54) is 5.56 Å². The predicted octanol–water partition coefficient (Wildman–Crippen LogP) is 2.86. The molecule has 0 spiro atoms. The second kappa shape index (κ2) is 9.64. The zero-order chi connectivity index (χ0) is 17.4. The van der Waals surface area contributed by atoms with Crippen molar-refractivity contribution in [2.45, 2.75) is 45.3 Å². The van der Waals surface area contributed by atoms with Crippen LogP contribution in [-0.2, 0) is 4.74 Å². The normalized spacial score (nSPS) is 17.5. The lowest BCUT2D eigenvalue weighted by Gasteiger charge is -2.31. The number of methoxy groups -OCH3 is 1. The van der Waals surface area contributed by atoms with E-state index in [2.05, 4.69) is 53.6 Å². The van der Waals surface area contributed by atoms with E-state index in [1.807, 2.05) is 0 Å². The van der Waals surface area contributed by atoms with E-state index >= 15 is 0 Å². The number of likely N-dealkylation sites (tertiary alicyclic amines) is 1. The van der Waals surface area contributed by atoms with Crippen molar-refractivity contribution < 1.29 is 9.53 Å². The molecule has 2 rings (SSSR count). The zero-order valence-electron chi connectivity index (χ0n) is 15.2. The first-order valence-corrected chi connectivity index (χ1v) is 8.98. The van der Waals surface area contributed by atoms with Gasteiger partial charge in [0.1, 0.15) is 0 Å². The molecule has 1 fully saturated rings. The summed E-state index contributed by atoms with van der Waals surface area (Å²) in [5.41, 5.74) is 2.38. The Kier molecular flexibility index (Phi) is 7.53. The van der Waals surface area contributed by atoms with Gasteiger partial charge in [-0.15, -0.1) is 0 Å². The molecule has 0 radical (unpaired) electrons. The Labute approximate surface area is 145 Å². The van der Waals surface area contributed by atoms with Crippen molar-refractivity contribution in [3.05, 3.63) is 35.4 Å². The van der Waals surface area contributed by atoms with Crippen LogP contribution in [0.25, 0.3) is 0 Å². The van der Waals surface area contributed by atoms with Crippen LogP contribution in [0.2, 0.25) is 0 Å². The fraction of sp³-hybridized carbons (Fsp3) is 0.632. The Morgan fingerprint density at radius 3 is 2.54 bits per heavy atom. The monoisotopic (exact) mass is 333 g/mol. The van der Waals surface area contributed by atoms with Crippen LogP contribution in [0.1, 0.15) is 43.4 Å². The number of ether oxygens (including phenoxy) is 1. The number of carbonyl (C=O) groups is 1. The molecule has 1 aromatic rings. The molecule has 1 heterocycles. The number of piperidine rings is 1. The number of carbonyl (C=O) groups excluding carboxylic acids is 1. The summed E-state index contributed by atoms with van der Waals surface area (Å²) < 4.78 is 5.38. The summed E-state index contributed by atoms with van der Waals surface area (Å²) in [4.78, 5) is 14.5. The smallest absolute Gasteiger partial charge is 0.315 e. The highest BCUT2D eigenvalue weighted by Gasteiger charge is 2.18. The van der Waals surface area contributed by atoms with Gasteiger partial charge < -0.3 is 20.3 Å². The first kappa shape index (κ1) is 18.7. The van der Waals surface area contributed by atoms with Crippen LogP contribution < -0.4 is 10.6 Å². The third kappa shape index (κ3) is 5.80. The topological polar surface area (TPSA) is 53.6 Å². The van der Waals surface area contributed by atoms with Gasteiger partial charge in [0.25, 0.3) is 0 Å². The molecule has 1 saturated heterocycles. The van der Waals surface area contributed by atoms with E-state index in [-0.39, 0.29) is 12.1 Å². The number of aryl methyl sites for hydroxylation is 1. The molecule has 0 unspecified atom stereocenters. The number of rotatable bonds is 7. The highest BCUT2D eigenvalue weighted by atomic mass is 16.5. The van der Waals surface area contributed by atoms with Crippen LogP contribution in [0, 0.1) is 6.92 Å². The van der Waals surface area contributed by atoms with Gasteiger partial charge in [0.05, 0.1) is 12.1 Å². The van der Waals surface area contributed by atoms with E-state index < -0.39 is 0 Å². The summed E-state index contributed by atoms with van der Waals surface area (Å²) in [6.45, 7) is 7.82. The summed E-state index contributed by atoms with van der Waals surface area (Å²) in [6.07, 6.45) is 3.43. The van der Waals surface area contributed by atoms with Gasteiger partial charge in [0.2, 0.25) is 0 Å². The van der Waals surface area contributed by atoms with Crippen LogP contribution in [0.3, 0.4) is 0 Å². The maximum absolute atomic E-state index is 12.1. The predicted molar refractivity (Wildman–Crippen MR) is 97.2 cm³/mol. The summed E-state index contributed by atoms with van der Waals surface area (Å²) in [5, 5.41) is 6.05. The second-order valence-corrected chi connectivity index (χ2v) is 6.55. The molecule has 5 nitrogen and oxygen atoms in total. The van der Waals surface area contributed by atoms with Crippen LogP contribution in [0.5, 0.6) is 0 Å². The Morgan fingerprint density at radius 2 is 1.96 bits per heavy atom. The van der Waals surface area contributed by atoms with Crippen LogP contribution in [0.15, 0.2) is 24.3 Å². The molecule has 1 aliphatic heterocycles. The lowest BCUT2D eigenvalue weighted by Crippen LogP contribution is -2.44. The first-order valence-electron chi connectivity index (χ1n) is 8.98. The molecule has 1 atom stereocenters. The third-order valence-electron chi connectivity index (χ3n) is 4.77. The molecular formula is C19H31N3O2. The van der Waals surface area contributed by atoms with Gasteiger partial charge in [0.15, 0.2) is 0 Å². The van der Waals surface area contributed by atoms with Crippen molar-refractivity contribution in [1.29, 1.82) is 0 Å². The summed E-state index contributed by atoms with van der Waals surface area (Å²) in [6, 6.07) is 8.31. The molecular weight excluding hydrogens is 302 g/mol. The molecule has 1 aromatic carbocycles. The molecule has 2 amide bonds. The van der Waals surface area contributed by atoms with E-state index in [4.69, 9.17) is 4.74 Å². The standard InChI is InChI=1S/C19H31N3O2/c1-4-18(16-7-5-15(2)6-8-16)21-19(23)20-11-14-22-12-9-17(24-3)10-13-22/h5-8,17-18H,4,9-14H2,1-3H3,(H2,20,21,23)/t18-/m0/s1. The minimum Gasteiger partial charge on any atom is -0.381 e. The number of nitrogens with zero attached hydrogens (tertiary/aromatic N) is 1. The van der Waals surface area contributed by atoms with Crippen molar-refractivity contribution in [2.75, 3.05) is 33.3 Å². The van der Waals surface area contributed by atoms with E-state index in [1.54, 1.807) is 7.11 Å².